The van der Waals surface area contributed by atoms with Gasteiger partial charge in [-0.05, 0) is 24.6 Å². The zero-order valence-corrected chi connectivity index (χ0v) is 14.9. The number of ketones is 2. The van der Waals surface area contributed by atoms with Gasteiger partial charge in [-0.2, -0.15) is 4.57 Å². The van der Waals surface area contributed by atoms with Crippen molar-refractivity contribution < 1.29 is 34.2 Å². The summed E-state index contributed by atoms with van der Waals surface area (Å²) in [5.74, 6) is -0.219. The van der Waals surface area contributed by atoms with E-state index in [4.69, 9.17) is 4.74 Å². The van der Waals surface area contributed by atoms with Gasteiger partial charge in [-0.15, -0.1) is 0 Å². The number of nitrogens with zero attached hydrogens (tertiary/aromatic N) is 1. The minimum atomic E-state index is -1.22. The Morgan fingerprint density at radius 1 is 1.11 bits per heavy atom. The first-order chi connectivity index (χ1) is 12.9. The Bertz CT molecular complexity index is 852. The molecule has 1 aliphatic rings. The van der Waals surface area contributed by atoms with Gasteiger partial charge in [0.25, 0.3) is 6.23 Å². The Hall–Kier alpha value is -2.45. The van der Waals surface area contributed by atoms with Gasteiger partial charge in [-0.25, -0.2) is 0 Å². The van der Waals surface area contributed by atoms with Crippen molar-refractivity contribution in [1.29, 1.82) is 0 Å². The van der Waals surface area contributed by atoms with Gasteiger partial charge in [0.05, 0.1) is 12.2 Å². The van der Waals surface area contributed by atoms with E-state index in [9.17, 15) is 24.9 Å². The van der Waals surface area contributed by atoms with Crippen LogP contribution in [0.2, 0.25) is 0 Å². The Labute approximate surface area is 156 Å². The number of hydrogen-bond acceptors (Lipinski definition) is 6. The fraction of sp³-hybridized carbons (Fsp3) is 0.350. The smallest absolute Gasteiger partial charge is 0.292 e. The normalized spacial score (nSPS) is 24.7. The van der Waals surface area contributed by atoms with Crippen molar-refractivity contribution in [3.8, 4) is 0 Å². The van der Waals surface area contributed by atoms with Gasteiger partial charge in [0, 0.05) is 18.1 Å². The molecule has 2 aromatic rings. The molecule has 1 aromatic carbocycles. The van der Waals surface area contributed by atoms with E-state index in [1.165, 1.54) is 17.7 Å². The van der Waals surface area contributed by atoms with Gasteiger partial charge >= 0.3 is 0 Å². The van der Waals surface area contributed by atoms with Gasteiger partial charge in [0.2, 0.25) is 0 Å². The summed E-state index contributed by atoms with van der Waals surface area (Å²) in [4.78, 5) is 24.1. The number of pyridine rings is 1. The maximum absolute atomic E-state index is 12.6. The summed E-state index contributed by atoms with van der Waals surface area (Å²) in [7, 11) is 0. The predicted molar refractivity (Wildman–Crippen MR) is 94.1 cm³/mol. The molecule has 0 aliphatic carbocycles. The molecule has 0 radical (unpaired) electrons. The van der Waals surface area contributed by atoms with Crippen LogP contribution in [0.3, 0.4) is 0 Å². The molecule has 0 bridgehead atoms. The number of aromatic nitrogens is 1. The topological polar surface area (TPSA) is 108 Å². The van der Waals surface area contributed by atoms with Crippen molar-refractivity contribution in [2.75, 3.05) is 6.61 Å². The van der Waals surface area contributed by atoms with E-state index in [-0.39, 0.29) is 18.0 Å². The lowest BCUT2D eigenvalue weighted by molar-refractivity contribution is -0.765. The molecular formula is C20H22NO6+. The fourth-order valence-corrected chi connectivity index (χ4v) is 3.13. The summed E-state index contributed by atoms with van der Waals surface area (Å²) in [5.41, 5.74) is 1.69. The summed E-state index contributed by atoms with van der Waals surface area (Å²) in [6, 6.07) is 10.2. The first-order valence-corrected chi connectivity index (χ1v) is 8.67. The number of aliphatic hydroxyl groups is 3. The van der Waals surface area contributed by atoms with Crippen LogP contribution in [0.25, 0.3) is 0 Å². The molecule has 0 amide bonds. The minimum absolute atomic E-state index is 0.0637. The third kappa shape index (κ3) is 4.12. The van der Waals surface area contributed by atoms with Gasteiger partial charge in [-0.1, -0.05) is 18.2 Å². The molecule has 1 aliphatic heterocycles. The van der Waals surface area contributed by atoms with Crippen LogP contribution in [0.5, 0.6) is 0 Å². The number of ether oxygens (including phenoxy) is 1. The molecule has 3 N–H and O–H groups in total. The van der Waals surface area contributed by atoms with Crippen LogP contribution in [0.4, 0.5) is 0 Å². The standard InChI is InChI=1S/C20H22NO6/c1-12(23)14-5-2-4-13(8-14)9-16(24)15-6-3-7-21(10-15)20-19(26)18(25)17(11-22)27-20/h2-8,10,17-20,22,25-26H,9,11H2,1H3/q+1/t17-,18-,19-,20-/m1/s1. The van der Waals surface area contributed by atoms with Crippen LogP contribution in [0.1, 0.15) is 39.4 Å². The average molecular weight is 372 g/mol. The molecule has 7 nitrogen and oxygen atoms in total. The molecule has 3 rings (SSSR count). The van der Waals surface area contributed by atoms with Crippen LogP contribution < -0.4 is 4.57 Å². The van der Waals surface area contributed by atoms with E-state index in [1.807, 2.05) is 0 Å². The van der Waals surface area contributed by atoms with E-state index in [0.29, 0.717) is 11.1 Å². The van der Waals surface area contributed by atoms with Gasteiger partial charge in [0.1, 0.15) is 12.2 Å². The predicted octanol–water partition coefficient (Wildman–Crippen LogP) is 0.214. The zero-order chi connectivity index (χ0) is 19.6. The van der Waals surface area contributed by atoms with E-state index in [2.05, 4.69) is 0 Å². The van der Waals surface area contributed by atoms with Crippen LogP contribution >= 0.6 is 0 Å². The van der Waals surface area contributed by atoms with Crippen molar-refractivity contribution >= 4 is 11.6 Å². The second kappa shape index (κ2) is 8.06. The van der Waals surface area contributed by atoms with Crippen LogP contribution in [-0.4, -0.2) is 51.8 Å². The third-order valence-electron chi connectivity index (χ3n) is 4.65. The highest BCUT2D eigenvalue weighted by Crippen LogP contribution is 2.25. The summed E-state index contributed by atoms with van der Waals surface area (Å²) in [5, 5.41) is 29.2. The Morgan fingerprint density at radius 3 is 2.52 bits per heavy atom. The van der Waals surface area contributed by atoms with Crippen LogP contribution in [0.15, 0.2) is 48.8 Å². The molecule has 4 atom stereocenters. The molecule has 1 aromatic heterocycles. The summed E-state index contributed by atoms with van der Waals surface area (Å²) in [6.07, 6.45) is -0.922. The van der Waals surface area contributed by atoms with Gasteiger partial charge in [0.15, 0.2) is 30.1 Å². The maximum atomic E-state index is 12.6. The Morgan fingerprint density at radius 2 is 1.85 bits per heavy atom. The fourth-order valence-electron chi connectivity index (χ4n) is 3.13. The molecule has 1 fully saturated rings. The number of aliphatic hydroxyl groups excluding tert-OH is 3. The highest BCUT2D eigenvalue weighted by molar-refractivity contribution is 5.98. The number of carbonyl (C=O) groups excluding carboxylic acids is 2. The number of rotatable bonds is 6. The summed E-state index contributed by atoms with van der Waals surface area (Å²) < 4.78 is 6.98. The second-order valence-corrected chi connectivity index (χ2v) is 6.63. The third-order valence-corrected chi connectivity index (χ3v) is 4.65. The van der Waals surface area contributed by atoms with Crippen molar-refractivity contribution in [3.05, 3.63) is 65.5 Å². The number of benzene rings is 1. The number of Topliss-reactive ketones (excluding diaryl/α,β-unsaturated/α-hetero) is 2. The lowest BCUT2D eigenvalue weighted by atomic mass is 10.0. The molecule has 0 spiro atoms. The quantitative estimate of drug-likeness (QED) is 0.494. The SMILES string of the molecule is CC(=O)c1cccc(CC(=O)c2ccc[n+]([C@@H]3O[C@H](CO)[C@@H](O)[C@H]3O)c2)c1. The van der Waals surface area contributed by atoms with Crippen molar-refractivity contribution in [2.24, 2.45) is 0 Å². The second-order valence-electron chi connectivity index (χ2n) is 6.63. The van der Waals surface area contributed by atoms with Crippen LogP contribution in [-0.2, 0) is 11.2 Å². The van der Waals surface area contributed by atoms with E-state index >= 15 is 0 Å². The lowest BCUT2D eigenvalue weighted by Crippen LogP contribution is -2.46. The molecule has 27 heavy (non-hydrogen) atoms. The van der Waals surface area contributed by atoms with E-state index in [1.54, 1.807) is 42.6 Å². The monoisotopic (exact) mass is 372 g/mol. The zero-order valence-electron chi connectivity index (χ0n) is 14.9. The molecule has 0 saturated carbocycles. The molecule has 0 unspecified atom stereocenters. The first-order valence-electron chi connectivity index (χ1n) is 8.67. The number of hydrogen-bond donors (Lipinski definition) is 3. The summed E-state index contributed by atoms with van der Waals surface area (Å²) >= 11 is 0. The van der Waals surface area contributed by atoms with Gasteiger partial charge in [-0.3, -0.25) is 9.59 Å². The van der Waals surface area contributed by atoms with Crippen molar-refractivity contribution in [2.45, 2.75) is 37.9 Å². The van der Waals surface area contributed by atoms with E-state index < -0.39 is 31.1 Å². The van der Waals surface area contributed by atoms with Crippen molar-refractivity contribution in [3.63, 3.8) is 0 Å². The van der Waals surface area contributed by atoms with Gasteiger partial charge < -0.3 is 20.1 Å². The molecular weight excluding hydrogens is 350 g/mol. The molecule has 1 saturated heterocycles. The maximum Gasteiger partial charge on any atom is 0.292 e. The van der Waals surface area contributed by atoms with E-state index in [0.717, 1.165) is 5.56 Å². The first kappa shape index (κ1) is 19.3. The molecule has 2 heterocycles. The Balaban J connectivity index is 1.78. The molecule has 7 heteroatoms. The highest BCUT2D eigenvalue weighted by atomic mass is 16.6. The largest absolute Gasteiger partial charge is 0.394 e. The Kier molecular flexibility index (Phi) is 5.76. The molecule has 142 valence electrons. The van der Waals surface area contributed by atoms with Crippen LogP contribution in [0, 0.1) is 0 Å². The number of carbonyl (C=O) groups is 2. The summed E-state index contributed by atoms with van der Waals surface area (Å²) in [6.45, 7) is 1.06. The highest BCUT2D eigenvalue weighted by Gasteiger charge is 2.47. The lowest BCUT2D eigenvalue weighted by Gasteiger charge is -2.10. The minimum Gasteiger partial charge on any atom is -0.394 e. The average Bonchev–Trinajstić information content (AvgIpc) is 2.96. The van der Waals surface area contributed by atoms with Crippen molar-refractivity contribution in [1.82, 2.24) is 0 Å².